The molecule has 0 N–H and O–H groups in total. The molecule has 0 bridgehead atoms. The van der Waals surface area contributed by atoms with Gasteiger partial charge < -0.3 is 4.57 Å². The van der Waals surface area contributed by atoms with Gasteiger partial charge in [0.1, 0.15) is 16.5 Å². The van der Waals surface area contributed by atoms with Crippen LogP contribution in [0.4, 0.5) is 0 Å². The molecule has 154 valence electrons. The molecule has 0 saturated heterocycles. The highest BCUT2D eigenvalue weighted by Gasteiger charge is 2.24. The molecule has 4 heterocycles. The Morgan fingerprint density at radius 2 is 1.97 bits per heavy atom. The van der Waals surface area contributed by atoms with Crippen molar-refractivity contribution < 1.29 is 0 Å². The molecule has 4 aromatic heterocycles. The fourth-order valence-electron chi connectivity index (χ4n) is 3.91. The van der Waals surface area contributed by atoms with Crippen LogP contribution in [0, 0.1) is 12.8 Å². The molecule has 5 rings (SSSR count). The van der Waals surface area contributed by atoms with Crippen LogP contribution < -0.4 is 0 Å². The zero-order chi connectivity index (χ0) is 20.8. The van der Waals surface area contributed by atoms with E-state index in [1.165, 1.54) is 12.8 Å². The maximum atomic E-state index is 6.56. The van der Waals surface area contributed by atoms with Crippen LogP contribution in [0.3, 0.4) is 0 Å². The second-order valence-electron chi connectivity index (χ2n) is 8.31. The molecule has 0 unspecified atom stereocenters. The SMILES string of the molecule is Cc1nc2cnc(Cc3ccnc(-c4cnn(CC5CC5)c4Cl)n3)cc2n1C(C)C. The molecule has 1 saturated carbocycles. The molecule has 8 heteroatoms. The third-order valence-electron chi connectivity index (χ3n) is 5.54. The number of aryl methyl sites for hydroxylation is 1. The van der Waals surface area contributed by atoms with Crippen LogP contribution in [-0.4, -0.2) is 34.3 Å². The summed E-state index contributed by atoms with van der Waals surface area (Å²) in [6, 6.07) is 4.37. The van der Waals surface area contributed by atoms with Crippen LogP contribution in [-0.2, 0) is 13.0 Å². The third kappa shape index (κ3) is 3.58. The topological polar surface area (TPSA) is 74.3 Å². The highest BCUT2D eigenvalue weighted by atomic mass is 35.5. The molecular weight excluding hydrogens is 398 g/mol. The molecule has 0 radical (unpaired) electrons. The highest BCUT2D eigenvalue weighted by molar-refractivity contribution is 6.32. The minimum Gasteiger partial charge on any atom is -0.326 e. The van der Waals surface area contributed by atoms with Crippen molar-refractivity contribution in [3.8, 4) is 11.4 Å². The van der Waals surface area contributed by atoms with Crippen molar-refractivity contribution in [3.05, 3.63) is 53.1 Å². The van der Waals surface area contributed by atoms with Crippen LogP contribution >= 0.6 is 11.6 Å². The first-order valence-corrected chi connectivity index (χ1v) is 10.7. The summed E-state index contributed by atoms with van der Waals surface area (Å²) in [7, 11) is 0. The maximum absolute atomic E-state index is 6.56. The molecule has 0 spiro atoms. The molecule has 30 heavy (non-hydrogen) atoms. The fraction of sp³-hybridized carbons (Fsp3) is 0.409. The lowest BCUT2D eigenvalue weighted by atomic mass is 10.2. The molecule has 0 aliphatic heterocycles. The van der Waals surface area contributed by atoms with Crippen LogP contribution in [0.15, 0.2) is 30.7 Å². The average Bonchev–Trinajstić information content (AvgIpc) is 3.37. The van der Waals surface area contributed by atoms with Crippen molar-refractivity contribution in [2.75, 3.05) is 0 Å². The first-order chi connectivity index (χ1) is 14.5. The van der Waals surface area contributed by atoms with Crippen molar-refractivity contribution in [3.63, 3.8) is 0 Å². The van der Waals surface area contributed by atoms with E-state index < -0.39 is 0 Å². The summed E-state index contributed by atoms with van der Waals surface area (Å²) in [6.45, 7) is 7.23. The molecule has 1 aliphatic rings. The lowest BCUT2D eigenvalue weighted by molar-refractivity contribution is 0.564. The monoisotopic (exact) mass is 421 g/mol. The van der Waals surface area contributed by atoms with Gasteiger partial charge in [0.25, 0.3) is 0 Å². The minimum absolute atomic E-state index is 0.338. The first-order valence-electron chi connectivity index (χ1n) is 10.4. The minimum atomic E-state index is 0.338. The third-order valence-corrected chi connectivity index (χ3v) is 5.94. The molecule has 1 aliphatic carbocycles. The fourth-order valence-corrected chi connectivity index (χ4v) is 4.16. The number of imidazole rings is 1. The van der Waals surface area contributed by atoms with Gasteiger partial charge in [0, 0.05) is 30.9 Å². The number of hydrogen-bond acceptors (Lipinski definition) is 5. The van der Waals surface area contributed by atoms with E-state index in [1.54, 1.807) is 12.4 Å². The van der Waals surface area contributed by atoms with Crippen LogP contribution in [0.5, 0.6) is 0 Å². The second-order valence-corrected chi connectivity index (χ2v) is 8.67. The number of pyridine rings is 1. The first kappa shape index (κ1) is 19.2. The van der Waals surface area contributed by atoms with E-state index in [-0.39, 0.29) is 0 Å². The van der Waals surface area contributed by atoms with E-state index >= 15 is 0 Å². The van der Waals surface area contributed by atoms with E-state index in [0.29, 0.717) is 29.4 Å². The number of halogens is 1. The predicted molar refractivity (Wildman–Crippen MR) is 116 cm³/mol. The van der Waals surface area contributed by atoms with Crippen LogP contribution in [0.1, 0.15) is 49.9 Å². The number of aromatic nitrogens is 7. The van der Waals surface area contributed by atoms with Gasteiger partial charge in [-0.05, 0) is 51.7 Å². The smallest absolute Gasteiger partial charge is 0.164 e. The Morgan fingerprint density at radius 1 is 1.13 bits per heavy atom. The Morgan fingerprint density at radius 3 is 2.73 bits per heavy atom. The Labute approximate surface area is 180 Å². The van der Waals surface area contributed by atoms with E-state index in [1.807, 2.05) is 23.9 Å². The van der Waals surface area contributed by atoms with Gasteiger partial charge in [-0.15, -0.1) is 0 Å². The number of hydrogen-bond donors (Lipinski definition) is 0. The van der Waals surface area contributed by atoms with Gasteiger partial charge in [0.2, 0.25) is 0 Å². The quantitative estimate of drug-likeness (QED) is 0.453. The van der Waals surface area contributed by atoms with Crippen molar-refractivity contribution in [1.29, 1.82) is 0 Å². The molecular formula is C22H24ClN7. The largest absolute Gasteiger partial charge is 0.326 e. The molecule has 4 aromatic rings. The van der Waals surface area contributed by atoms with Crippen LogP contribution in [0.2, 0.25) is 5.15 Å². The number of fused-ring (bicyclic) bond motifs is 1. The van der Waals surface area contributed by atoms with E-state index in [4.69, 9.17) is 16.6 Å². The molecule has 0 amide bonds. The lowest BCUT2D eigenvalue weighted by Crippen LogP contribution is -2.04. The van der Waals surface area contributed by atoms with Gasteiger partial charge in [-0.3, -0.25) is 9.67 Å². The van der Waals surface area contributed by atoms with Crippen molar-refractivity contribution in [1.82, 2.24) is 34.3 Å². The number of rotatable bonds is 6. The Balaban J connectivity index is 1.43. The maximum Gasteiger partial charge on any atom is 0.164 e. The van der Waals surface area contributed by atoms with Gasteiger partial charge in [-0.2, -0.15) is 5.10 Å². The van der Waals surface area contributed by atoms with E-state index in [2.05, 4.69) is 44.5 Å². The molecule has 0 atom stereocenters. The molecule has 0 aromatic carbocycles. The number of nitrogens with zero attached hydrogens (tertiary/aromatic N) is 7. The van der Waals surface area contributed by atoms with Gasteiger partial charge in [0.15, 0.2) is 5.82 Å². The van der Waals surface area contributed by atoms with Crippen molar-refractivity contribution in [2.24, 2.45) is 5.92 Å². The average molecular weight is 422 g/mol. The molecule has 7 nitrogen and oxygen atoms in total. The summed E-state index contributed by atoms with van der Waals surface area (Å²) in [5.74, 6) is 2.30. The van der Waals surface area contributed by atoms with Gasteiger partial charge in [0.05, 0.1) is 29.2 Å². The Hall–Kier alpha value is -2.80. The Kier molecular flexibility index (Phi) is 4.77. The summed E-state index contributed by atoms with van der Waals surface area (Å²) in [6.07, 6.45) is 8.50. The van der Waals surface area contributed by atoms with Gasteiger partial charge in [-0.1, -0.05) is 11.6 Å². The standard InChI is InChI=1S/C22H24ClN7/c1-13(2)30-14(3)27-19-11-25-17(9-20(19)30)8-16-6-7-24-22(28-16)18-10-26-29(21(18)23)12-15-4-5-15/h6-7,9-11,13,15H,4-5,8,12H2,1-3H3. The van der Waals surface area contributed by atoms with Crippen molar-refractivity contribution in [2.45, 2.75) is 52.6 Å². The zero-order valence-corrected chi connectivity index (χ0v) is 18.1. The predicted octanol–water partition coefficient (Wildman–Crippen LogP) is 4.63. The zero-order valence-electron chi connectivity index (χ0n) is 17.4. The summed E-state index contributed by atoms with van der Waals surface area (Å²) < 4.78 is 4.09. The summed E-state index contributed by atoms with van der Waals surface area (Å²) in [5.41, 5.74) is 4.64. The van der Waals surface area contributed by atoms with Crippen LogP contribution in [0.25, 0.3) is 22.4 Å². The lowest BCUT2D eigenvalue weighted by Gasteiger charge is -2.11. The Bertz CT molecular complexity index is 1220. The highest BCUT2D eigenvalue weighted by Crippen LogP contribution is 2.33. The summed E-state index contributed by atoms with van der Waals surface area (Å²) in [5, 5.41) is 5.04. The summed E-state index contributed by atoms with van der Waals surface area (Å²) >= 11 is 6.56. The normalized spacial score (nSPS) is 14.2. The van der Waals surface area contributed by atoms with Gasteiger partial charge in [-0.25, -0.2) is 15.0 Å². The van der Waals surface area contributed by atoms with E-state index in [9.17, 15) is 0 Å². The van der Waals surface area contributed by atoms with Gasteiger partial charge >= 0.3 is 0 Å². The van der Waals surface area contributed by atoms with E-state index in [0.717, 1.165) is 40.4 Å². The van der Waals surface area contributed by atoms with Crippen molar-refractivity contribution >= 4 is 22.6 Å². The summed E-state index contributed by atoms with van der Waals surface area (Å²) in [4.78, 5) is 18.4. The second kappa shape index (κ2) is 7.47. The molecule has 1 fully saturated rings.